The van der Waals surface area contributed by atoms with Crippen LogP contribution < -0.4 is 0 Å². The fourth-order valence-electron chi connectivity index (χ4n) is 1.18. The van der Waals surface area contributed by atoms with Crippen LogP contribution in [0.2, 0.25) is 0 Å². The van der Waals surface area contributed by atoms with Gasteiger partial charge >= 0.3 is 41.8 Å². The summed E-state index contributed by atoms with van der Waals surface area (Å²) in [4.78, 5) is 97.1. The van der Waals surface area contributed by atoms with Gasteiger partial charge in [0.1, 0.15) is 25.3 Å². The van der Waals surface area contributed by atoms with E-state index in [0.717, 1.165) is 19.5 Å². The van der Waals surface area contributed by atoms with Gasteiger partial charge in [0.05, 0.1) is 33.2 Å². The number of esters is 7. The molecule has 0 bridgehead atoms. The van der Waals surface area contributed by atoms with Gasteiger partial charge in [-0.3, -0.25) is 38.4 Å². The molecule has 0 aromatic rings. The third kappa shape index (κ3) is 303. The molecular weight excluding hydrogens is 744 g/mol. The van der Waals surface area contributed by atoms with Gasteiger partial charge < -0.3 is 63.2 Å². The minimum absolute atomic E-state index is 0.125. The molecule has 0 saturated heterocycles. The Balaban J connectivity index is -0.0000000527. The van der Waals surface area contributed by atoms with Crippen molar-refractivity contribution in [3.8, 4) is 0 Å². The second kappa shape index (κ2) is 70.3. The predicted molar refractivity (Wildman–Crippen MR) is 197 cm³/mol. The van der Waals surface area contributed by atoms with E-state index in [1.807, 2.05) is 0 Å². The number of hydrogen-bond donors (Lipinski definition) is 4. The number of aliphatic hydroxyl groups is 3. The number of carboxylic acid groups (broad SMARTS) is 1. The Morgan fingerprint density at radius 3 is 0.909 bits per heavy atom. The summed E-state index contributed by atoms with van der Waals surface area (Å²) in [6, 6.07) is 0. The molecule has 328 valence electrons. The Hall–Kier alpha value is -5.28. The first kappa shape index (κ1) is 74.8. The monoisotopic (exact) mass is 810 g/mol. The van der Waals surface area contributed by atoms with Gasteiger partial charge in [0.25, 0.3) is 5.97 Å². The van der Waals surface area contributed by atoms with Crippen molar-refractivity contribution in [3.63, 3.8) is 0 Å². The molecular formula is C34H66O21. The summed E-state index contributed by atoms with van der Waals surface area (Å²) >= 11 is 0. The molecule has 0 aromatic heterocycles. The van der Waals surface area contributed by atoms with Gasteiger partial charge in [-0.15, -0.1) is 0 Å². The van der Waals surface area contributed by atoms with Crippen molar-refractivity contribution in [2.45, 2.75) is 103 Å². The molecule has 0 fully saturated rings. The zero-order valence-electron chi connectivity index (χ0n) is 34.9. The summed E-state index contributed by atoms with van der Waals surface area (Å²) in [7, 11) is 1.35. The van der Waals surface area contributed by atoms with Gasteiger partial charge in [0.15, 0.2) is 0 Å². The fraction of sp³-hybridized carbons (Fsp3) is 0.647. The van der Waals surface area contributed by atoms with Crippen LogP contribution >= 0.6 is 0 Å². The number of aliphatic carboxylic acids is 1. The minimum atomic E-state index is -0.833. The van der Waals surface area contributed by atoms with E-state index in [4.69, 9.17) is 30.0 Å². The van der Waals surface area contributed by atoms with Crippen molar-refractivity contribution in [2.24, 2.45) is 0 Å². The lowest BCUT2D eigenvalue weighted by atomic mass is 10.6. The Kier molecular flexibility index (Phi) is 95.6. The van der Waals surface area contributed by atoms with Crippen LogP contribution in [0.1, 0.15) is 96.9 Å². The third-order valence-electron chi connectivity index (χ3n) is 2.34. The number of carbonyl (C=O) groups excluding carboxylic acids is 9. The first-order valence-corrected chi connectivity index (χ1v) is 15.6. The molecule has 0 unspecified atom stereocenters. The van der Waals surface area contributed by atoms with Crippen LogP contribution in [0.15, 0.2) is 12.8 Å². The second-order valence-corrected chi connectivity index (χ2v) is 8.29. The van der Waals surface area contributed by atoms with Gasteiger partial charge in [-0.2, -0.15) is 0 Å². The smallest absolute Gasteiger partial charge is 0.307 e. The lowest BCUT2D eigenvalue weighted by Gasteiger charge is -2.10. The number of methoxy groups -OCH3 is 1. The summed E-state index contributed by atoms with van der Waals surface area (Å²) in [6.07, 6.45) is 1.07. The average molecular weight is 811 g/mol. The van der Waals surface area contributed by atoms with Gasteiger partial charge in [0, 0.05) is 68.9 Å². The van der Waals surface area contributed by atoms with Crippen molar-refractivity contribution in [1.82, 2.24) is 0 Å². The number of rotatable bonds is 8. The van der Waals surface area contributed by atoms with E-state index in [1.165, 1.54) is 83.3 Å². The molecule has 0 aliphatic rings. The average Bonchev–Trinajstić information content (AvgIpc) is 3.00. The number of aldehydes is 1. The maximum Gasteiger partial charge on any atom is 0.307 e. The molecule has 55 heavy (non-hydrogen) atoms. The van der Waals surface area contributed by atoms with Crippen molar-refractivity contribution in [3.05, 3.63) is 12.8 Å². The molecule has 0 saturated carbocycles. The number of ketones is 1. The second-order valence-electron chi connectivity index (χ2n) is 8.29. The first-order chi connectivity index (χ1) is 25.2. The number of Topliss-reactive ketones (excluding diaryl/α,β-unsaturated/α-hetero) is 1. The zero-order valence-corrected chi connectivity index (χ0v) is 34.9. The summed E-state index contributed by atoms with van der Waals surface area (Å²) in [6.45, 7) is 23.6. The van der Waals surface area contributed by atoms with E-state index in [9.17, 15) is 38.4 Å². The van der Waals surface area contributed by atoms with Crippen molar-refractivity contribution >= 4 is 59.8 Å². The Bertz CT molecular complexity index is 908. The van der Waals surface area contributed by atoms with Crippen molar-refractivity contribution in [1.29, 1.82) is 0 Å². The van der Waals surface area contributed by atoms with E-state index in [1.54, 1.807) is 13.8 Å². The molecule has 0 amide bonds. The molecule has 0 aliphatic carbocycles. The molecule has 0 aromatic carbocycles. The predicted octanol–water partition coefficient (Wildman–Crippen LogP) is 1.87. The van der Waals surface area contributed by atoms with Crippen LogP contribution in [0.4, 0.5) is 0 Å². The van der Waals surface area contributed by atoms with Crippen LogP contribution in [0.5, 0.6) is 0 Å². The van der Waals surface area contributed by atoms with E-state index >= 15 is 0 Å². The highest BCUT2D eigenvalue weighted by Crippen LogP contribution is 1.93. The fourth-order valence-corrected chi connectivity index (χ4v) is 1.18. The Morgan fingerprint density at radius 1 is 0.600 bits per heavy atom. The minimum Gasteiger partial charge on any atom is -0.481 e. The molecule has 0 rings (SSSR count). The molecule has 0 aliphatic heterocycles. The van der Waals surface area contributed by atoms with Crippen LogP contribution in [-0.4, -0.2) is 133 Å². The topological polar surface area (TPSA) is 316 Å². The van der Waals surface area contributed by atoms with E-state index in [-0.39, 0.29) is 68.7 Å². The van der Waals surface area contributed by atoms with Crippen LogP contribution in [-0.2, 0) is 81.1 Å². The number of ether oxygens (including phenoxy) is 7. The SMILES string of the molecule is C=COC(C)=O.CC(=O)O.CC(=O)OC(C)OC(C)=O.CC(=O)OCCOC(C)=O.CC(C)=O.CC=O.CCO.CCOC(C)=O.COC(C)=O.OCCO. The molecule has 0 radical (unpaired) electrons. The van der Waals surface area contributed by atoms with E-state index in [0.29, 0.717) is 6.61 Å². The van der Waals surface area contributed by atoms with Gasteiger partial charge in [0.2, 0.25) is 6.29 Å². The normalized spacial score (nSPS) is 7.47. The molecule has 0 atom stereocenters. The largest absolute Gasteiger partial charge is 0.481 e. The van der Waals surface area contributed by atoms with Gasteiger partial charge in [-0.05, 0) is 34.6 Å². The molecule has 0 spiro atoms. The highest BCUT2D eigenvalue weighted by Gasteiger charge is 2.06. The lowest BCUT2D eigenvalue weighted by molar-refractivity contribution is -0.181. The Labute approximate surface area is 324 Å². The molecule has 21 nitrogen and oxygen atoms in total. The first-order valence-electron chi connectivity index (χ1n) is 15.6. The zero-order chi connectivity index (χ0) is 46.4. The third-order valence-corrected chi connectivity index (χ3v) is 2.34. The van der Waals surface area contributed by atoms with Crippen molar-refractivity contribution < 1.29 is 102 Å². The van der Waals surface area contributed by atoms with Crippen LogP contribution in [0, 0.1) is 0 Å². The maximum absolute atomic E-state index is 10.2. The molecule has 0 heterocycles. The molecule has 21 heteroatoms. The summed E-state index contributed by atoms with van der Waals surface area (Å²) in [5.41, 5.74) is 0. The summed E-state index contributed by atoms with van der Waals surface area (Å²) in [5, 5.41) is 30.2. The number of hydrogen-bond acceptors (Lipinski definition) is 20. The van der Waals surface area contributed by atoms with Crippen LogP contribution in [0.25, 0.3) is 0 Å². The van der Waals surface area contributed by atoms with E-state index < -0.39 is 24.2 Å². The summed E-state index contributed by atoms with van der Waals surface area (Å²) in [5.74, 6) is -3.12. The van der Waals surface area contributed by atoms with Gasteiger partial charge in [-0.1, -0.05) is 6.58 Å². The van der Waals surface area contributed by atoms with Gasteiger partial charge in [-0.25, -0.2) is 0 Å². The van der Waals surface area contributed by atoms with Crippen LogP contribution in [0.3, 0.4) is 0 Å². The highest BCUT2D eigenvalue weighted by molar-refractivity contribution is 5.72. The standard InChI is InChI=1S/2C6H10O4.C4H8O2.C4H6O2.C3H6O2.C3H6O.C2H4O2.C2H6O2.C2H6O.C2H4O/c1-5(7)9-3-4-10-6(2)8;1-4(7)9-6(3)10-5(2)8;2*1-3-6-4(2)5;1-3(4)5-2;1-3(2)4;1-2(3)4;3-1-2-4;2*1-2-3/h3-4H2,1-2H3;6H,1-3H3;3H2,1-2H3;3H,1H2,2H3;1-2H3;1-2H3;1H3,(H,3,4);3-4H,1-2H2;3H,2H2,1H3;2H,1H3. The number of carbonyl (C=O) groups is 10. The Morgan fingerprint density at radius 2 is 0.836 bits per heavy atom. The summed E-state index contributed by atoms with van der Waals surface area (Å²) < 4.78 is 30.6. The number of aliphatic hydroxyl groups excluding tert-OH is 3. The van der Waals surface area contributed by atoms with Crippen molar-refractivity contribution in [2.75, 3.05) is 46.8 Å². The quantitative estimate of drug-likeness (QED) is 0.0679. The lowest BCUT2D eigenvalue weighted by Crippen LogP contribution is -2.18. The highest BCUT2D eigenvalue weighted by atomic mass is 16.7. The van der Waals surface area contributed by atoms with E-state index in [2.05, 4.69) is 39.7 Å². The number of carboxylic acids is 1. The molecule has 4 N–H and O–H groups in total. The maximum atomic E-state index is 10.2.